The summed E-state index contributed by atoms with van der Waals surface area (Å²) in [5.41, 5.74) is 4.30. The number of rotatable bonds is 6. The number of pyridine rings is 2. The Morgan fingerprint density at radius 1 is 0.929 bits per heavy atom. The molecule has 6 heteroatoms. The third-order valence-electron chi connectivity index (χ3n) is 4.78. The van der Waals surface area contributed by atoms with E-state index in [0.29, 0.717) is 12.2 Å². The van der Waals surface area contributed by atoms with Gasteiger partial charge in [0.25, 0.3) is 5.91 Å². The van der Waals surface area contributed by atoms with Crippen molar-refractivity contribution in [2.75, 3.05) is 23.3 Å². The second-order valence-corrected chi connectivity index (χ2v) is 6.80. The summed E-state index contributed by atoms with van der Waals surface area (Å²) in [6, 6.07) is 17.6. The second kappa shape index (κ2) is 8.52. The fourth-order valence-corrected chi connectivity index (χ4v) is 3.26. The molecule has 1 amide bonds. The maximum atomic E-state index is 12.2. The third-order valence-corrected chi connectivity index (χ3v) is 4.78. The van der Waals surface area contributed by atoms with Crippen molar-refractivity contribution in [3.05, 3.63) is 78.4 Å². The first kappa shape index (κ1) is 18.0. The minimum Gasteiger partial charge on any atom is -0.372 e. The maximum Gasteiger partial charge on any atom is 0.270 e. The molecule has 0 atom stereocenters. The van der Waals surface area contributed by atoms with E-state index >= 15 is 0 Å². The van der Waals surface area contributed by atoms with E-state index < -0.39 is 0 Å². The molecule has 3 aromatic rings. The molecule has 142 valence electrons. The number of nitrogens with zero attached hydrogens (tertiary/aromatic N) is 3. The topological polar surface area (TPSA) is 70.2 Å². The van der Waals surface area contributed by atoms with E-state index in [1.165, 1.54) is 18.5 Å². The van der Waals surface area contributed by atoms with Gasteiger partial charge in [-0.05, 0) is 61.4 Å². The molecule has 1 aromatic carbocycles. The molecule has 0 radical (unpaired) electrons. The van der Waals surface area contributed by atoms with Crippen LogP contribution >= 0.6 is 0 Å². The highest BCUT2D eigenvalue weighted by Crippen LogP contribution is 2.23. The number of hydrogen-bond acceptors (Lipinski definition) is 5. The van der Waals surface area contributed by atoms with E-state index in [1.54, 1.807) is 18.5 Å². The van der Waals surface area contributed by atoms with Crippen LogP contribution in [0.15, 0.2) is 67.0 Å². The zero-order valence-corrected chi connectivity index (χ0v) is 15.6. The molecule has 1 aliphatic rings. The van der Waals surface area contributed by atoms with E-state index in [-0.39, 0.29) is 5.91 Å². The van der Waals surface area contributed by atoms with Crippen molar-refractivity contribution in [1.82, 2.24) is 15.3 Å². The fourth-order valence-electron chi connectivity index (χ4n) is 3.26. The number of hydrogen-bond donors (Lipinski definition) is 2. The van der Waals surface area contributed by atoms with Gasteiger partial charge in [-0.3, -0.25) is 9.78 Å². The standard InChI is InChI=1S/C22H23N5O/c28-22(25-15-18-5-1-2-12-23-18)21-11-8-19(16-24-21)26-17-6-9-20(10-7-17)27-13-3-4-14-27/h1-2,5-12,16,26H,3-4,13-15H2,(H,25,28). The van der Waals surface area contributed by atoms with E-state index in [4.69, 9.17) is 0 Å². The molecular formula is C22H23N5O. The number of nitrogens with one attached hydrogen (secondary N) is 2. The monoisotopic (exact) mass is 373 g/mol. The lowest BCUT2D eigenvalue weighted by atomic mass is 10.2. The Kier molecular flexibility index (Phi) is 5.47. The van der Waals surface area contributed by atoms with Crippen LogP contribution in [0.2, 0.25) is 0 Å². The summed E-state index contributed by atoms with van der Waals surface area (Å²) < 4.78 is 0. The summed E-state index contributed by atoms with van der Waals surface area (Å²) in [6.45, 7) is 2.66. The van der Waals surface area contributed by atoms with Gasteiger partial charge < -0.3 is 15.5 Å². The van der Waals surface area contributed by atoms with Crippen molar-refractivity contribution in [3.63, 3.8) is 0 Å². The van der Waals surface area contributed by atoms with Gasteiger partial charge in [-0.1, -0.05) is 6.07 Å². The van der Waals surface area contributed by atoms with Crippen LogP contribution in [0, 0.1) is 0 Å². The molecule has 3 heterocycles. The molecule has 28 heavy (non-hydrogen) atoms. The highest BCUT2D eigenvalue weighted by Gasteiger charge is 2.12. The lowest BCUT2D eigenvalue weighted by Gasteiger charge is -2.18. The van der Waals surface area contributed by atoms with Crippen molar-refractivity contribution in [2.45, 2.75) is 19.4 Å². The summed E-state index contributed by atoms with van der Waals surface area (Å²) in [7, 11) is 0. The quantitative estimate of drug-likeness (QED) is 0.689. The SMILES string of the molecule is O=C(NCc1ccccn1)c1ccc(Nc2ccc(N3CCCC3)cc2)cn1. The van der Waals surface area contributed by atoms with Crippen molar-refractivity contribution >= 4 is 23.0 Å². The molecule has 6 nitrogen and oxygen atoms in total. The predicted molar refractivity (Wildman–Crippen MR) is 111 cm³/mol. The molecule has 0 unspecified atom stereocenters. The molecule has 2 N–H and O–H groups in total. The summed E-state index contributed by atoms with van der Waals surface area (Å²) in [5.74, 6) is -0.216. The van der Waals surface area contributed by atoms with Crippen LogP contribution < -0.4 is 15.5 Å². The van der Waals surface area contributed by atoms with Crippen LogP contribution in [0.25, 0.3) is 0 Å². The van der Waals surface area contributed by atoms with Crippen LogP contribution in [-0.2, 0) is 6.54 Å². The van der Waals surface area contributed by atoms with Gasteiger partial charge in [0.2, 0.25) is 0 Å². The predicted octanol–water partition coefficient (Wildman–Crippen LogP) is 3.75. The van der Waals surface area contributed by atoms with Gasteiger partial charge in [-0.15, -0.1) is 0 Å². The Bertz CT molecular complexity index is 904. The molecule has 1 fully saturated rings. The van der Waals surface area contributed by atoms with Gasteiger partial charge in [0.05, 0.1) is 24.1 Å². The molecular weight excluding hydrogens is 350 g/mol. The Labute approximate surface area is 164 Å². The Balaban J connectivity index is 1.33. The summed E-state index contributed by atoms with van der Waals surface area (Å²) in [6.07, 6.45) is 5.92. The smallest absolute Gasteiger partial charge is 0.270 e. The normalized spacial score (nSPS) is 13.4. The lowest BCUT2D eigenvalue weighted by molar-refractivity contribution is 0.0945. The first-order valence-electron chi connectivity index (χ1n) is 9.54. The molecule has 1 aliphatic heterocycles. The van der Waals surface area contributed by atoms with Crippen molar-refractivity contribution in [1.29, 1.82) is 0 Å². The second-order valence-electron chi connectivity index (χ2n) is 6.80. The molecule has 1 saturated heterocycles. The van der Waals surface area contributed by atoms with Crippen LogP contribution in [0.3, 0.4) is 0 Å². The van der Waals surface area contributed by atoms with E-state index in [9.17, 15) is 4.79 Å². The first-order valence-corrected chi connectivity index (χ1v) is 9.54. The number of benzene rings is 1. The van der Waals surface area contributed by atoms with Crippen molar-refractivity contribution < 1.29 is 4.79 Å². The van der Waals surface area contributed by atoms with Gasteiger partial charge in [0, 0.05) is 30.7 Å². The summed E-state index contributed by atoms with van der Waals surface area (Å²) in [4.78, 5) is 23.1. The fraction of sp³-hybridized carbons (Fsp3) is 0.227. The third kappa shape index (κ3) is 4.46. The Morgan fingerprint density at radius 3 is 2.39 bits per heavy atom. The summed E-state index contributed by atoms with van der Waals surface area (Å²) >= 11 is 0. The zero-order chi connectivity index (χ0) is 19.2. The number of carbonyl (C=O) groups is 1. The van der Waals surface area contributed by atoms with Gasteiger partial charge in [0.15, 0.2) is 0 Å². The Morgan fingerprint density at radius 2 is 1.71 bits per heavy atom. The van der Waals surface area contributed by atoms with Crippen molar-refractivity contribution in [3.8, 4) is 0 Å². The van der Waals surface area contributed by atoms with Crippen molar-refractivity contribution in [2.24, 2.45) is 0 Å². The highest BCUT2D eigenvalue weighted by atomic mass is 16.1. The van der Waals surface area contributed by atoms with Gasteiger partial charge >= 0.3 is 0 Å². The molecule has 0 aliphatic carbocycles. The van der Waals surface area contributed by atoms with Crippen LogP contribution in [0.1, 0.15) is 29.0 Å². The number of aromatic nitrogens is 2. The largest absolute Gasteiger partial charge is 0.372 e. The number of amides is 1. The lowest BCUT2D eigenvalue weighted by Crippen LogP contribution is -2.24. The van der Waals surface area contributed by atoms with Crippen LogP contribution in [-0.4, -0.2) is 29.0 Å². The minimum absolute atomic E-state index is 0.216. The molecule has 4 rings (SSSR count). The first-order chi connectivity index (χ1) is 13.8. The van der Waals surface area contributed by atoms with E-state index in [0.717, 1.165) is 30.2 Å². The van der Waals surface area contributed by atoms with Crippen LogP contribution in [0.5, 0.6) is 0 Å². The van der Waals surface area contributed by atoms with Gasteiger partial charge in [0.1, 0.15) is 5.69 Å². The molecule has 0 saturated carbocycles. The summed E-state index contributed by atoms with van der Waals surface area (Å²) in [5, 5.41) is 6.15. The minimum atomic E-state index is -0.216. The zero-order valence-electron chi connectivity index (χ0n) is 15.6. The highest BCUT2D eigenvalue weighted by molar-refractivity contribution is 5.92. The molecule has 2 aromatic heterocycles. The molecule has 0 spiro atoms. The number of anilines is 3. The van der Waals surface area contributed by atoms with Gasteiger partial charge in [-0.25, -0.2) is 4.98 Å². The van der Waals surface area contributed by atoms with Crippen LogP contribution in [0.4, 0.5) is 17.1 Å². The average molecular weight is 373 g/mol. The average Bonchev–Trinajstić information content (AvgIpc) is 3.29. The molecule has 0 bridgehead atoms. The van der Waals surface area contributed by atoms with E-state index in [2.05, 4.69) is 49.8 Å². The van der Waals surface area contributed by atoms with Gasteiger partial charge in [-0.2, -0.15) is 0 Å². The maximum absolute atomic E-state index is 12.2. The van der Waals surface area contributed by atoms with E-state index in [1.807, 2.05) is 24.3 Å². The number of carbonyl (C=O) groups excluding carboxylic acids is 1. The Hall–Kier alpha value is -3.41.